The number of para-hydroxylation sites is 1. The third kappa shape index (κ3) is 2.64. The number of thiazole rings is 1. The molecule has 0 fully saturated rings. The highest BCUT2D eigenvalue weighted by Gasteiger charge is 2.17. The second-order valence-corrected chi connectivity index (χ2v) is 6.83. The van der Waals surface area contributed by atoms with Crippen molar-refractivity contribution in [2.75, 3.05) is 0 Å². The summed E-state index contributed by atoms with van der Waals surface area (Å²) in [6.45, 7) is 5.97. The Morgan fingerprint density at radius 2 is 1.88 bits per heavy atom. The lowest BCUT2D eigenvalue weighted by Crippen LogP contribution is -1.99. The number of phenols is 1. The van der Waals surface area contributed by atoms with E-state index in [9.17, 15) is 5.11 Å². The maximum atomic E-state index is 10.0. The first-order valence-corrected chi connectivity index (χ1v) is 8.79. The fraction of sp³-hybridized carbons (Fsp3) is 0.158. The van der Waals surface area contributed by atoms with Crippen LogP contribution in [0.25, 0.3) is 27.6 Å². The molecule has 0 aliphatic rings. The third-order valence-electron chi connectivity index (χ3n) is 4.19. The van der Waals surface area contributed by atoms with Crippen LogP contribution in [0, 0.1) is 20.8 Å². The van der Waals surface area contributed by atoms with Crippen LogP contribution in [0.2, 0.25) is 0 Å². The van der Waals surface area contributed by atoms with Gasteiger partial charge in [-0.25, -0.2) is 4.98 Å². The third-order valence-corrected chi connectivity index (χ3v) is 5.07. The highest BCUT2D eigenvalue weighted by molar-refractivity contribution is 7.13. The number of nitrogens with zero attached hydrogens (tertiary/aromatic N) is 3. The summed E-state index contributed by atoms with van der Waals surface area (Å²) in [5.74, 6) is 1.79. The predicted molar refractivity (Wildman–Crippen MR) is 98.2 cm³/mol. The van der Waals surface area contributed by atoms with Gasteiger partial charge in [-0.2, -0.15) is 0 Å². The van der Waals surface area contributed by atoms with E-state index < -0.39 is 0 Å². The molecule has 5 nitrogen and oxygen atoms in total. The molecule has 0 atom stereocenters. The van der Waals surface area contributed by atoms with E-state index in [1.54, 1.807) is 12.1 Å². The second-order valence-electron chi connectivity index (χ2n) is 5.97. The van der Waals surface area contributed by atoms with E-state index in [0.717, 1.165) is 44.8 Å². The number of aromatic hydroxyl groups is 1. The minimum absolute atomic E-state index is 0.243. The van der Waals surface area contributed by atoms with Gasteiger partial charge in [-0.1, -0.05) is 17.3 Å². The summed E-state index contributed by atoms with van der Waals surface area (Å²) in [5.41, 5.74) is 4.82. The van der Waals surface area contributed by atoms with E-state index in [2.05, 4.69) is 15.8 Å². The zero-order chi connectivity index (χ0) is 17.6. The lowest BCUT2D eigenvalue weighted by Gasteiger charge is -2.04. The Kier molecular flexibility index (Phi) is 3.69. The summed E-state index contributed by atoms with van der Waals surface area (Å²) < 4.78 is 7.27. The van der Waals surface area contributed by atoms with Crippen LogP contribution in [0.5, 0.6) is 5.75 Å². The molecule has 4 aromatic rings. The summed E-state index contributed by atoms with van der Waals surface area (Å²) in [6, 6.07) is 11.3. The first-order chi connectivity index (χ1) is 12.0. The molecule has 3 heterocycles. The number of benzene rings is 1. The van der Waals surface area contributed by atoms with Crippen LogP contribution in [0.4, 0.5) is 0 Å². The smallest absolute Gasteiger partial charge is 0.180 e. The number of rotatable bonds is 3. The molecule has 0 saturated carbocycles. The van der Waals surface area contributed by atoms with Crippen LogP contribution in [0.3, 0.4) is 0 Å². The predicted octanol–water partition coefficient (Wildman–Crippen LogP) is 4.89. The zero-order valence-corrected chi connectivity index (χ0v) is 15.0. The molecule has 1 N–H and O–H groups in total. The maximum absolute atomic E-state index is 10.0. The summed E-state index contributed by atoms with van der Waals surface area (Å²) in [4.78, 5) is 4.73. The van der Waals surface area contributed by atoms with Crippen molar-refractivity contribution >= 4 is 11.3 Å². The molecule has 25 heavy (non-hydrogen) atoms. The summed E-state index contributed by atoms with van der Waals surface area (Å²) in [7, 11) is 0. The van der Waals surface area contributed by atoms with Gasteiger partial charge in [0.2, 0.25) is 0 Å². The summed E-state index contributed by atoms with van der Waals surface area (Å²) >= 11 is 1.52. The normalized spacial score (nSPS) is 11.2. The topological polar surface area (TPSA) is 64.1 Å². The van der Waals surface area contributed by atoms with Crippen molar-refractivity contribution in [1.29, 1.82) is 0 Å². The van der Waals surface area contributed by atoms with Crippen molar-refractivity contribution in [3.05, 3.63) is 58.9 Å². The average Bonchev–Trinajstić information content (AvgIpc) is 3.28. The molecule has 0 amide bonds. The highest BCUT2D eigenvalue weighted by atomic mass is 32.1. The average molecular weight is 351 g/mol. The Morgan fingerprint density at radius 3 is 2.60 bits per heavy atom. The highest BCUT2D eigenvalue weighted by Crippen LogP contribution is 2.36. The molecule has 0 bridgehead atoms. The van der Waals surface area contributed by atoms with Crippen molar-refractivity contribution in [2.24, 2.45) is 0 Å². The van der Waals surface area contributed by atoms with Crippen molar-refractivity contribution in [2.45, 2.75) is 20.8 Å². The minimum Gasteiger partial charge on any atom is -0.507 e. The fourth-order valence-corrected chi connectivity index (χ4v) is 3.86. The number of hydrogen-bond donors (Lipinski definition) is 1. The van der Waals surface area contributed by atoms with E-state index in [0.29, 0.717) is 0 Å². The number of aryl methyl sites for hydroxylation is 2. The molecule has 4 rings (SSSR count). The molecule has 0 aliphatic heterocycles. The summed E-state index contributed by atoms with van der Waals surface area (Å²) in [6.07, 6.45) is 0. The van der Waals surface area contributed by atoms with Gasteiger partial charge in [-0.15, -0.1) is 11.3 Å². The van der Waals surface area contributed by atoms with Gasteiger partial charge in [0, 0.05) is 28.4 Å². The molecular weight excluding hydrogens is 334 g/mol. The molecule has 6 heteroatoms. The van der Waals surface area contributed by atoms with Gasteiger partial charge in [0.05, 0.1) is 11.3 Å². The monoisotopic (exact) mass is 351 g/mol. The van der Waals surface area contributed by atoms with Crippen LogP contribution in [0.15, 0.2) is 46.3 Å². The minimum atomic E-state index is 0.243. The first kappa shape index (κ1) is 15.7. The Balaban J connectivity index is 1.78. The van der Waals surface area contributed by atoms with Crippen molar-refractivity contribution < 1.29 is 9.63 Å². The molecule has 0 spiro atoms. The van der Waals surface area contributed by atoms with Gasteiger partial charge < -0.3 is 9.63 Å². The van der Waals surface area contributed by atoms with Gasteiger partial charge in [0.25, 0.3) is 0 Å². The molecule has 0 radical (unpaired) electrons. The van der Waals surface area contributed by atoms with Gasteiger partial charge in [-0.05, 0) is 39.0 Å². The van der Waals surface area contributed by atoms with Crippen LogP contribution in [0.1, 0.15) is 17.1 Å². The summed E-state index contributed by atoms with van der Waals surface area (Å²) in [5, 5.41) is 17.0. The standard InChI is InChI=1S/C19H17N3O2S/c1-11-8-15(13(3)22(11)18-9-12(2)24-21-18)16-10-25-19(20-16)14-6-4-5-7-17(14)23/h4-10,23H,1-3H3. The first-order valence-electron chi connectivity index (χ1n) is 7.91. The van der Waals surface area contributed by atoms with Gasteiger partial charge in [0.1, 0.15) is 16.5 Å². The van der Waals surface area contributed by atoms with E-state index in [-0.39, 0.29) is 5.75 Å². The maximum Gasteiger partial charge on any atom is 0.180 e. The van der Waals surface area contributed by atoms with E-state index in [4.69, 9.17) is 9.51 Å². The van der Waals surface area contributed by atoms with Crippen LogP contribution in [-0.2, 0) is 0 Å². The van der Waals surface area contributed by atoms with Crippen molar-refractivity contribution in [1.82, 2.24) is 14.7 Å². The van der Waals surface area contributed by atoms with E-state index >= 15 is 0 Å². The van der Waals surface area contributed by atoms with Crippen LogP contribution in [-0.4, -0.2) is 19.8 Å². The molecule has 0 unspecified atom stereocenters. The van der Waals surface area contributed by atoms with Crippen LogP contribution < -0.4 is 0 Å². The Bertz CT molecular complexity index is 1060. The Labute approximate surface area is 149 Å². The quantitative estimate of drug-likeness (QED) is 0.571. The lowest BCUT2D eigenvalue weighted by molar-refractivity contribution is 0.394. The molecule has 3 aromatic heterocycles. The zero-order valence-electron chi connectivity index (χ0n) is 14.1. The van der Waals surface area contributed by atoms with Crippen LogP contribution >= 0.6 is 11.3 Å². The van der Waals surface area contributed by atoms with E-state index in [1.807, 2.05) is 44.4 Å². The van der Waals surface area contributed by atoms with Gasteiger partial charge in [0.15, 0.2) is 5.82 Å². The van der Waals surface area contributed by atoms with Gasteiger partial charge in [-0.3, -0.25) is 4.57 Å². The Morgan fingerprint density at radius 1 is 1.08 bits per heavy atom. The number of hydrogen-bond acceptors (Lipinski definition) is 5. The van der Waals surface area contributed by atoms with Gasteiger partial charge >= 0.3 is 0 Å². The second kappa shape index (κ2) is 5.89. The van der Waals surface area contributed by atoms with E-state index in [1.165, 1.54) is 11.3 Å². The largest absolute Gasteiger partial charge is 0.507 e. The number of aromatic nitrogens is 3. The Hall–Kier alpha value is -2.86. The molecular formula is C19H17N3O2S. The lowest BCUT2D eigenvalue weighted by atomic mass is 10.2. The SMILES string of the molecule is Cc1cc(-n2c(C)cc(-c3csc(-c4ccccc4O)n3)c2C)no1. The molecule has 0 saturated heterocycles. The van der Waals surface area contributed by atoms with Crippen molar-refractivity contribution in [3.8, 4) is 33.4 Å². The molecule has 0 aliphatic carbocycles. The number of phenolic OH excluding ortho intramolecular Hbond substituents is 1. The molecule has 1 aromatic carbocycles. The molecule has 126 valence electrons. The van der Waals surface area contributed by atoms with Crippen molar-refractivity contribution in [3.63, 3.8) is 0 Å². The fourth-order valence-electron chi connectivity index (χ4n) is 3.01.